The summed E-state index contributed by atoms with van der Waals surface area (Å²) in [6.45, 7) is 1.85. The Bertz CT molecular complexity index is 599. The minimum Gasteiger partial charge on any atom is -0.480 e. The molecule has 1 amide bonds. The van der Waals surface area contributed by atoms with E-state index in [2.05, 4.69) is 0 Å². The molecule has 8 heteroatoms. The minimum atomic E-state index is -1.09. The molecule has 1 saturated heterocycles. The van der Waals surface area contributed by atoms with Crippen LogP contribution in [0.25, 0.3) is 0 Å². The van der Waals surface area contributed by atoms with Crippen LogP contribution in [0, 0.1) is 5.82 Å². The number of rotatable bonds is 3. The molecule has 1 N–H and O–H groups in total. The lowest BCUT2D eigenvalue weighted by atomic mass is 10.1. The number of halogens is 3. The van der Waals surface area contributed by atoms with Crippen molar-refractivity contribution in [2.24, 2.45) is 0 Å². The van der Waals surface area contributed by atoms with Crippen LogP contribution >= 0.6 is 35.0 Å². The van der Waals surface area contributed by atoms with E-state index in [1.165, 1.54) is 16.7 Å². The van der Waals surface area contributed by atoms with Gasteiger partial charge in [0.25, 0.3) is 5.91 Å². The zero-order valence-corrected chi connectivity index (χ0v) is 13.3. The summed E-state index contributed by atoms with van der Waals surface area (Å²) in [7, 11) is 0. The molecule has 1 aromatic rings. The zero-order valence-electron chi connectivity index (χ0n) is 11.0. The molecule has 0 aromatic heterocycles. The number of carbonyl (C=O) groups excluding carboxylic acids is 1. The number of carboxylic acids is 1. The van der Waals surface area contributed by atoms with Crippen LogP contribution in [0.15, 0.2) is 12.1 Å². The van der Waals surface area contributed by atoms with E-state index in [9.17, 15) is 19.1 Å². The highest BCUT2D eigenvalue weighted by molar-refractivity contribution is 8.00. The smallest absolute Gasteiger partial charge is 0.327 e. The molecule has 114 valence electrons. The maximum atomic E-state index is 13.6. The van der Waals surface area contributed by atoms with Crippen LogP contribution < -0.4 is 0 Å². The fourth-order valence-electron chi connectivity index (χ4n) is 2.17. The number of benzene rings is 1. The Morgan fingerprint density at radius 2 is 2.10 bits per heavy atom. The monoisotopic (exact) mass is 351 g/mol. The predicted octanol–water partition coefficient (Wildman–Crippen LogP) is 3.51. The second-order valence-corrected chi connectivity index (χ2v) is 6.53. The summed E-state index contributed by atoms with van der Waals surface area (Å²) in [5.74, 6) is -2.15. The molecule has 2 atom stereocenters. The van der Waals surface area contributed by atoms with E-state index >= 15 is 0 Å². The molecule has 0 saturated carbocycles. The third-order valence-electron chi connectivity index (χ3n) is 3.20. The molecule has 0 radical (unpaired) electrons. The van der Waals surface area contributed by atoms with Crippen molar-refractivity contribution in [2.45, 2.75) is 24.8 Å². The van der Waals surface area contributed by atoms with Crippen LogP contribution in [0.5, 0.6) is 0 Å². The third-order valence-corrected chi connectivity index (χ3v) is 5.26. The lowest BCUT2D eigenvalue weighted by Gasteiger charge is -2.27. The summed E-state index contributed by atoms with van der Waals surface area (Å²) in [5.41, 5.74) is -0.0780. The molecule has 1 heterocycles. The molecule has 1 aromatic carbocycles. The topological polar surface area (TPSA) is 57.6 Å². The van der Waals surface area contributed by atoms with Crippen molar-refractivity contribution in [3.05, 3.63) is 33.6 Å². The Morgan fingerprint density at radius 1 is 1.43 bits per heavy atom. The number of hydrogen-bond donors (Lipinski definition) is 1. The van der Waals surface area contributed by atoms with E-state index in [0.717, 1.165) is 12.1 Å². The first-order valence-corrected chi connectivity index (χ1v) is 7.98. The van der Waals surface area contributed by atoms with Gasteiger partial charge in [0.15, 0.2) is 0 Å². The zero-order chi connectivity index (χ0) is 15.7. The molecule has 4 nitrogen and oxygen atoms in total. The second kappa shape index (κ2) is 6.42. The largest absolute Gasteiger partial charge is 0.480 e. The van der Waals surface area contributed by atoms with Crippen LogP contribution in [-0.2, 0) is 4.79 Å². The van der Waals surface area contributed by atoms with Gasteiger partial charge in [-0.05, 0) is 18.6 Å². The van der Waals surface area contributed by atoms with Gasteiger partial charge >= 0.3 is 5.97 Å². The van der Waals surface area contributed by atoms with Crippen molar-refractivity contribution >= 4 is 46.8 Å². The number of nitrogens with zero attached hydrogens (tertiary/aromatic N) is 1. The maximum absolute atomic E-state index is 13.6. The highest BCUT2D eigenvalue weighted by Gasteiger charge is 2.41. The van der Waals surface area contributed by atoms with Gasteiger partial charge in [-0.3, -0.25) is 4.79 Å². The van der Waals surface area contributed by atoms with Crippen LogP contribution in [0.1, 0.15) is 23.7 Å². The van der Waals surface area contributed by atoms with E-state index in [1.54, 1.807) is 0 Å². The van der Waals surface area contributed by atoms with Gasteiger partial charge in [0.2, 0.25) is 0 Å². The average molecular weight is 352 g/mol. The van der Waals surface area contributed by atoms with Crippen molar-refractivity contribution in [3.8, 4) is 0 Å². The lowest BCUT2D eigenvalue weighted by Crippen LogP contribution is -2.45. The Kier molecular flexibility index (Phi) is 5.01. The quantitative estimate of drug-likeness (QED) is 0.846. The molecule has 2 rings (SSSR count). The van der Waals surface area contributed by atoms with Gasteiger partial charge in [-0.2, -0.15) is 0 Å². The van der Waals surface area contributed by atoms with Crippen molar-refractivity contribution in [1.82, 2.24) is 4.90 Å². The van der Waals surface area contributed by atoms with E-state index in [-0.39, 0.29) is 21.0 Å². The first-order chi connectivity index (χ1) is 9.86. The molecule has 1 aliphatic heterocycles. The number of thioether (sulfide) groups is 1. The van der Waals surface area contributed by atoms with E-state index in [0.29, 0.717) is 12.2 Å². The molecule has 0 bridgehead atoms. The molecular formula is C13H12Cl2FNO3S. The molecule has 1 fully saturated rings. The standard InChI is InChI=1S/C13H12Cl2FNO3S/c1-2-11-17(10(5-21-11)13(19)20)12(18)6-3-9(16)8(15)4-7(6)14/h3-4,10-11H,2,5H2,1H3,(H,19,20). The Hall–Kier alpha value is -0.980. The van der Waals surface area contributed by atoms with Gasteiger partial charge < -0.3 is 10.0 Å². The average Bonchev–Trinajstić information content (AvgIpc) is 2.86. The Morgan fingerprint density at radius 3 is 2.67 bits per heavy atom. The number of aliphatic carboxylic acids is 1. The van der Waals surface area contributed by atoms with Crippen molar-refractivity contribution in [1.29, 1.82) is 0 Å². The molecule has 0 spiro atoms. The summed E-state index contributed by atoms with van der Waals surface area (Å²) in [5, 5.41) is 8.77. The summed E-state index contributed by atoms with van der Waals surface area (Å²) in [6, 6.07) is 1.15. The third kappa shape index (κ3) is 3.12. The summed E-state index contributed by atoms with van der Waals surface area (Å²) in [6.07, 6.45) is 0.591. The van der Waals surface area contributed by atoms with E-state index in [1.807, 2.05) is 6.92 Å². The van der Waals surface area contributed by atoms with Gasteiger partial charge in [-0.25, -0.2) is 9.18 Å². The normalized spacial score (nSPS) is 21.6. The minimum absolute atomic E-state index is 0.00212. The van der Waals surface area contributed by atoms with Crippen LogP contribution in [0.3, 0.4) is 0 Å². The summed E-state index contributed by atoms with van der Waals surface area (Å²) < 4.78 is 13.6. The van der Waals surface area contributed by atoms with Crippen LogP contribution in [-0.4, -0.2) is 39.1 Å². The van der Waals surface area contributed by atoms with Crippen molar-refractivity contribution < 1.29 is 19.1 Å². The summed E-state index contributed by atoms with van der Waals surface area (Å²) in [4.78, 5) is 25.1. The summed E-state index contributed by atoms with van der Waals surface area (Å²) >= 11 is 12.9. The van der Waals surface area contributed by atoms with Gasteiger partial charge in [0.1, 0.15) is 11.9 Å². The van der Waals surface area contributed by atoms with Gasteiger partial charge in [-0.1, -0.05) is 30.1 Å². The maximum Gasteiger partial charge on any atom is 0.327 e. The second-order valence-electron chi connectivity index (χ2n) is 4.51. The van der Waals surface area contributed by atoms with E-state index in [4.69, 9.17) is 23.2 Å². The van der Waals surface area contributed by atoms with Gasteiger partial charge in [-0.15, -0.1) is 11.8 Å². The number of carbonyl (C=O) groups is 2. The van der Waals surface area contributed by atoms with Crippen molar-refractivity contribution in [3.63, 3.8) is 0 Å². The number of carboxylic acid groups (broad SMARTS) is 1. The molecule has 21 heavy (non-hydrogen) atoms. The number of hydrogen-bond acceptors (Lipinski definition) is 3. The molecule has 2 unspecified atom stereocenters. The van der Waals surface area contributed by atoms with Crippen molar-refractivity contribution in [2.75, 3.05) is 5.75 Å². The Balaban J connectivity index is 2.41. The number of amides is 1. The van der Waals surface area contributed by atoms with Gasteiger partial charge in [0.05, 0.1) is 21.0 Å². The highest BCUT2D eigenvalue weighted by Crippen LogP contribution is 2.34. The van der Waals surface area contributed by atoms with Gasteiger partial charge in [0, 0.05) is 5.75 Å². The fraction of sp³-hybridized carbons (Fsp3) is 0.385. The first-order valence-electron chi connectivity index (χ1n) is 6.18. The first kappa shape index (κ1) is 16.4. The molecular weight excluding hydrogens is 340 g/mol. The van der Waals surface area contributed by atoms with Crippen LogP contribution in [0.4, 0.5) is 4.39 Å². The van der Waals surface area contributed by atoms with E-state index < -0.39 is 23.7 Å². The predicted molar refractivity (Wildman–Crippen MR) is 80.6 cm³/mol. The van der Waals surface area contributed by atoms with Crippen LogP contribution in [0.2, 0.25) is 10.0 Å². The fourth-order valence-corrected chi connectivity index (χ4v) is 3.98. The SMILES string of the molecule is CCC1SCC(C(=O)O)N1C(=O)c1cc(F)c(Cl)cc1Cl. The lowest BCUT2D eigenvalue weighted by molar-refractivity contribution is -0.141. The molecule has 1 aliphatic rings. The highest BCUT2D eigenvalue weighted by atomic mass is 35.5. The Labute approximate surface area is 135 Å². The molecule has 0 aliphatic carbocycles.